The molecular formula is C20H34O3. The van der Waals surface area contributed by atoms with Crippen LogP contribution in [0.3, 0.4) is 0 Å². The Morgan fingerprint density at radius 2 is 1.91 bits per heavy atom. The minimum Gasteiger partial charge on any atom is -0.396 e. The molecule has 3 N–H and O–H groups in total. The Labute approximate surface area is 141 Å². The van der Waals surface area contributed by atoms with Gasteiger partial charge >= 0.3 is 0 Å². The number of aliphatic hydroxyl groups excluding tert-OH is 2. The largest absolute Gasteiger partial charge is 0.396 e. The monoisotopic (exact) mass is 322 g/mol. The topological polar surface area (TPSA) is 60.7 Å². The molecule has 0 aromatic heterocycles. The van der Waals surface area contributed by atoms with Crippen LogP contribution in [0.1, 0.15) is 59.8 Å². The Bertz CT molecular complexity index is 481. The van der Waals surface area contributed by atoms with Crippen molar-refractivity contribution in [2.24, 2.45) is 22.7 Å². The molecule has 0 aromatic rings. The van der Waals surface area contributed by atoms with E-state index in [2.05, 4.69) is 26.5 Å². The molecule has 6 atom stereocenters. The van der Waals surface area contributed by atoms with Crippen LogP contribution in [0, 0.1) is 22.7 Å². The molecule has 0 heterocycles. The van der Waals surface area contributed by atoms with Crippen LogP contribution in [0.25, 0.3) is 0 Å². The van der Waals surface area contributed by atoms with Crippen molar-refractivity contribution >= 4 is 0 Å². The highest BCUT2D eigenvalue weighted by Crippen LogP contribution is 2.62. The van der Waals surface area contributed by atoms with Gasteiger partial charge in [-0.25, -0.2) is 0 Å². The maximum absolute atomic E-state index is 11.1. The van der Waals surface area contributed by atoms with Crippen molar-refractivity contribution in [3.05, 3.63) is 24.3 Å². The average Bonchev–Trinajstić information content (AvgIpc) is 2.44. The van der Waals surface area contributed by atoms with Gasteiger partial charge in [0.2, 0.25) is 0 Å². The third kappa shape index (κ3) is 3.16. The number of allylic oxidation sites excluding steroid dienone is 3. The highest BCUT2D eigenvalue weighted by molar-refractivity contribution is 5.17. The van der Waals surface area contributed by atoms with Crippen molar-refractivity contribution in [3.63, 3.8) is 0 Å². The van der Waals surface area contributed by atoms with Gasteiger partial charge in [0.15, 0.2) is 0 Å². The molecule has 1 unspecified atom stereocenters. The lowest BCUT2D eigenvalue weighted by atomic mass is 9.44. The molecule has 3 nitrogen and oxygen atoms in total. The summed E-state index contributed by atoms with van der Waals surface area (Å²) in [5, 5.41) is 31.9. The summed E-state index contributed by atoms with van der Waals surface area (Å²) in [4.78, 5) is 0. The first kappa shape index (κ1) is 18.7. The van der Waals surface area contributed by atoms with Crippen molar-refractivity contribution in [2.75, 3.05) is 6.61 Å². The Hall–Kier alpha value is -0.640. The van der Waals surface area contributed by atoms with Crippen LogP contribution in [0.15, 0.2) is 24.3 Å². The molecule has 23 heavy (non-hydrogen) atoms. The number of hydrogen-bond donors (Lipinski definition) is 3. The van der Waals surface area contributed by atoms with E-state index in [-0.39, 0.29) is 29.3 Å². The lowest BCUT2D eigenvalue weighted by Crippen LogP contribution is -2.63. The van der Waals surface area contributed by atoms with Gasteiger partial charge < -0.3 is 15.3 Å². The van der Waals surface area contributed by atoms with E-state index in [0.717, 1.165) is 31.3 Å². The van der Waals surface area contributed by atoms with E-state index in [0.29, 0.717) is 6.42 Å². The third-order valence-corrected chi connectivity index (χ3v) is 6.84. The van der Waals surface area contributed by atoms with Crippen LogP contribution in [0.4, 0.5) is 0 Å². The first-order chi connectivity index (χ1) is 10.6. The predicted octanol–water partition coefficient (Wildman–Crippen LogP) is 3.45. The van der Waals surface area contributed by atoms with Gasteiger partial charge in [0, 0.05) is 13.0 Å². The van der Waals surface area contributed by atoms with E-state index in [1.165, 1.54) is 0 Å². The summed E-state index contributed by atoms with van der Waals surface area (Å²) >= 11 is 0. The second-order valence-corrected chi connectivity index (χ2v) is 8.72. The predicted molar refractivity (Wildman–Crippen MR) is 93.9 cm³/mol. The maximum Gasteiger partial charge on any atom is 0.0680 e. The average molecular weight is 322 g/mol. The molecule has 3 heteroatoms. The number of rotatable bonds is 4. The fraction of sp³-hybridized carbons (Fsp3) is 0.800. The van der Waals surface area contributed by atoms with E-state index < -0.39 is 11.7 Å². The summed E-state index contributed by atoms with van der Waals surface area (Å²) in [5.74, 6) is 0.0980. The van der Waals surface area contributed by atoms with Crippen LogP contribution in [0.2, 0.25) is 0 Å². The van der Waals surface area contributed by atoms with Crippen molar-refractivity contribution in [2.45, 2.75) is 71.5 Å². The fourth-order valence-corrected chi connectivity index (χ4v) is 5.76. The molecule has 2 rings (SSSR count). The summed E-state index contributed by atoms with van der Waals surface area (Å²) in [6.07, 6.45) is 7.56. The first-order valence-electron chi connectivity index (χ1n) is 8.91. The summed E-state index contributed by atoms with van der Waals surface area (Å²) in [6.45, 7) is 12.1. The SMILES string of the molecule is C=C/C(C)=C/C[C@@H]1[C@@]2(C)CCC[C@@](C)(CO)[C@@H]2C(O)C[C@@]1(C)O. The molecule has 2 aliphatic rings. The second-order valence-electron chi connectivity index (χ2n) is 8.72. The van der Waals surface area contributed by atoms with Crippen molar-refractivity contribution in [1.82, 2.24) is 0 Å². The molecular weight excluding hydrogens is 288 g/mol. The van der Waals surface area contributed by atoms with Crippen LogP contribution in [-0.4, -0.2) is 33.6 Å². The molecule has 0 radical (unpaired) electrons. The van der Waals surface area contributed by atoms with Gasteiger partial charge in [-0.2, -0.15) is 0 Å². The van der Waals surface area contributed by atoms with Gasteiger partial charge in [0.25, 0.3) is 0 Å². The van der Waals surface area contributed by atoms with E-state index in [4.69, 9.17) is 0 Å². The minimum atomic E-state index is -0.893. The van der Waals surface area contributed by atoms with E-state index in [1.807, 2.05) is 19.9 Å². The summed E-state index contributed by atoms with van der Waals surface area (Å²) in [6, 6.07) is 0. The highest BCUT2D eigenvalue weighted by Gasteiger charge is 2.61. The smallest absolute Gasteiger partial charge is 0.0680 e. The second kappa shape index (κ2) is 6.34. The molecule has 2 fully saturated rings. The van der Waals surface area contributed by atoms with E-state index >= 15 is 0 Å². The Kier molecular flexibility index (Phi) is 5.16. The normalized spacial score (nSPS) is 48.0. The van der Waals surface area contributed by atoms with Crippen LogP contribution in [-0.2, 0) is 0 Å². The van der Waals surface area contributed by atoms with Gasteiger partial charge in [-0.1, -0.05) is 44.6 Å². The summed E-state index contributed by atoms with van der Waals surface area (Å²) in [5.41, 5.74) is -0.211. The van der Waals surface area contributed by atoms with Gasteiger partial charge in [0.05, 0.1) is 11.7 Å². The lowest BCUT2D eigenvalue weighted by Gasteiger charge is -2.63. The zero-order chi connectivity index (χ0) is 17.5. The van der Waals surface area contributed by atoms with E-state index in [9.17, 15) is 15.3 Å². The molecule has 0 amide bonds. The third-order valence-electron chi connectivity index (χ3n) is 6.84. The van der Waals surface area contributed by atoms with Gasteiger partial charge in [0.1, 0.15) is 0 Å². The molecule has 132 valence electrons. The molecule has 0 aromatic carbocycles. The molecule has 0 aliphatic heterocycles. The Balaban J connectivity index is 2.44. The van der Waals surface area contributed by atoms with Crippen LogP contribution >= 0.6 is 0 Å². The molecule has 2 saturated carbocycles. The van der Waals surface area contributed by atoms with Crippen molar-refractivity contribution in [3.8, 4) is 0 Å². The zero-order valence-electron chi connectivity index (χ0n) is 15.2. The first-order valence-corrected chi connectivity index (χ1v) is 8.91. The number of fused-ring (bicyclic) bond motifs is 1. The minimum absolute atomic E-state index is 0.0245. The van der Waals surface area contributed by atoms with Crippen LogP contribution < -0.4 is 0 Å². The quantitative estimate of drug-likeness (QED) is 0.695. The summed E-state index contributed by atoms with van der Waals surface area (Å²) < 4.78 is 0. The standard InChI is InChI=1S/C20H34O3/c1-6-14(2)8-9-16-19(4)11-7-10-18(3,13-21)17(19)15(22)12-20(16,5)23/h6,8,15-17,21-23H,1,7,9-13H2,2-5H3/b14-8+/t15?,16-,17+,18+,19-,20-/m1/s1. The van der Waals surface area contributed by atoms with Crippen molar-refractivity contribution < 1.29 is 15.3 Å². The molecule has 0 bridgehead atoms. The fourth-order valence-electron chi connectivity index (χ4n) is 5.76. The maximum atomic E-state index is 11.1. The Morgan fingerprint density at radius 3 is 2.48 bits per heavy atom. The molecule has 0 spiro atoms. The molecule has 2 aliphatic carbocycles. The molecule has 0 saturated heterocycles. The summed E-state index contributed by atoms with van der Waals surface area (Å²) in [7, 11) is 0. The zero-order valence-corrected chi connectivity index (χ0v) is 15.2. The lowest BCUT2D eigenvalue weighted by molar-refractivity contribution is -0.221. The van der Waals surface area contributed by atoms with Gasteiger partial charge in [-0.3, -0.25) is 0 Å². The van der Waals surface area contributed by atoms with Crippen molar-refractivity contribution in [1.29, 1.82) is 0 Å². The number of aliphatic hydroxyl groups is 3. The van der Waals surface area contributed by atoms with Gasteiger partial charge in [-0.15, -0.1) is 0 Å². The van der Waals surface area contributed by atoms with E-state index in [1.54, 1.807) is 0 Å². The number of hydrogen-bond acceptors (Lipinski definition) is 3. The Morgan fingerprint density at radius 1 is 1.26 bits per heavy atom. The van der Waals surface area contributed by atoms with Gasteiger partial charge in [-0.05, 0) is 55.8 Å². The van der Waals surface area contributed by atoms with Crippen LogP contribution in [0.5, 0.6) is 0 Å². The highest BCUT2D eigenvalue weighted by atomic mass is 16.3.